The van der Waals surface area contributed by atoms with Crippen LogP contribution in [0.5, 0.6) is 0 Å². The average Bonchev–Trinajstić information content (AvgIpc) is 3.58. The molecular weight excluding hydrogens is 412 g/mol. The Balaban J connectivity index is 1.33. The Morgan fingerprint density at radius 2 is 1.91 bits per heavy atom. The van der Waals surface area contributed by atoms with Gasteiger partial charge in [-0.25, -0.2) is 0 Å². The molecule has 33 heavy (non-hydrogen) atoms. The quantitative estimate of drug-likeness (QED) is 0.361. The van der Waals surface area contributed by atoms with E-state index in [-0.39, 0.29) is 5.91 Å². The first-order valence-electron chi connectivity index (χ1n) is 11.9. The summed E-state index contributed by atoms with van der Waals surface area (Å²) in [6, 6.07) is 18.2. The lowest BCUT2D eigenvalue weighted by Crippen LogP contribution is -2.56. The maximum absolute atomic E-state index is 13.5. The fourth-order valence-corrected chi connectivity index (χ4v) is 4.82. The predicted molar refractivity (Wildman–Crippen MR) is 132 cm³/mol. The topological polar surface area (TPSA) is 73.3 Å². The molecule has 4 aromatic rings. The molecule has 0 spiro atoms. The van der Waals surface area contributed by atoms with Gasteiger partial charge in [0.2, 0.25) is 5.91 Å². The van der Waals surface area contributed by atoms with Crippen LogP contribution in [0, 0.1) is 0 Å². The van der Waals surface area contributed by atoms with Crippen molar-refractivity contribution >= 4 is 27.8 Å². The Morgan fingerprint density at radius 3 is 2.76 bits per heavy atom. The van der Waals surface area contributed by atoms with Crippen LogP contribution in [-0.4, -0.2) is 47.5 Å². The number of furan rings is 1. The number of amides is 1. The number of nitrogens with one attached hydrogen (secondary N) is 3. The minimum Gasteiger partial charge on any atom is -0.460 e. The highest BCUT2D eigenvalue weighted by molar-refractivity contribution is 5.89. The number of aromatic nitrogens is 1. The van der Waals surface area contributed by atoms with Crippen LogP contribution in [0.4, 0.5) is 0 Å². The van der Waals surface area contributed by atoms with Gasteiger partial charge < -0.3 is 19.6 Å². The van der Waals surface area contributed by atoms with Crippen molar-refractivity contribution in [3.8, 4) is 0 Å². The lowest BCUT2D eigenvalue weighted by molar-refractivity contribution is -0.127. The van der Waals surface area contributed by atoms with Gasteiger partial charge in [0.05, 0.1) is 12.1 Å². The van der Waals surface area contributed by atoms with Crippen LogP contribution in [0.1, 0.15) is 31.1 Å². The Bertz CT molecular complexity index is 1200. The molecule has 1 unspecified atom stereocenters. The third-order valence-electron chi connectivity index (χ3n) is 6.76. The summed E-state index contributed by atoms with van der Waals surface area (Å²) in [6.07, 6.45) is 5.10. The number of carbonyl (C=O) groups excluding carboxylic acids is 1. The molecule has 0 radical (unpaired) electrons. The van der Waals surface area contributed by atoms with Crippen LogP contribution in [0.15, 0.2) is 65.2 Å². The molecule has 3 heterocycles. The zero-order chi connectivity index (χ0) is 22.7. The van der Waals surface area contributed by atoms with Gasteiger partial charge in [0.1, 0.15) is 11.3 Å². The van der Waals surface area contributed by atoms with Crippen LogP contribution in [0.2, 0.25) is 0 Å². The van der Waals surface area contributed by atoms with E-state index in [2.05, 4.69) is 32.7 Å². The summed E-state index contributed by atoms with van der Waals surface area (Å²) in [5.41, 5.74) is 2.29. The van der Waals surface area contributed by atoms with Crippen molar-refractivity contribution in [2.24, 2.45) is 0 Å². The highest BCUT2D eigenvalue weighted by Crippen LogP contribution is 2.24. The van der Waals surface area contributed by atoms with Gasteiger partial charge in [-0.1, -0.05) is 36.4 Å². The first kappa shape index (κ1) is 21.7. The van der Waals surface area contributed by atoms with E-state index in [4.69, 9.17) is 4.42 Å². The third kappa shape index (κ3) is 4.82. The Kier molecular flexibility index (Phi) is 6.20. The van der Waals surface area contributed by atoms with E-state index < -0.39 is 5.54 Å². The van der Waals surface area contributed by atoms with E-state index in [1.807, 2.05) is 55.6 Å². The van der Waals surface area contributed by atoms with Gasteiger partial charge in [0, 0.05) is 42.0 Å². The van der Waals surface area contributed by atoms with E-state index in [9.17, 15) is 4.79 Å². The summed E-state index contributed by atoms with van der Waals surface area (Å²) in [6.45, 7) is 6.29. The van der Waals surface area contributed by atoms with Crippen LogP contribution in [-0.2, 0) is 17.8 Å². The number of fused-ring (bicyclic) bond motifs is 2. The van der Waals surface area contributed by atoms with Crippen molar-refractivity contribution in [2.45, 2.75) is 38.3 Å². The lowest BCUT2D eigenvalue weighted by atomic mass is 9.91. The Labute approximate surface area is 194 Å². The zero-order valence-corrected chi connectivity index (χ0v) is 19.2. The summed E-state index contributed by atoms with van der Waals surface area (Å²) in [5, 5.41) is 8.93. The molecule has 5 rings (SSSR count). The van der Waals surface area contributed by atoms with Crippen LogP contribution >= 0.6 is 0 Å². The fraction of sp³-hybridized carbons (Fsp3) is 0.370. The second kappa shape index (κ2) is 9.41. The molecule has 6 nitrogen and oxygen atoms in total. The average molecular weight is 445 g/mol. The van der Waals surface area contributed by atoms with E-state index in [1.165, 1.54) is 12.8 Å². The van der Waals surface area contributed by atoms with Gasteiger partial charge in [-0.2, -0.15) is 0 Å². The molecule has 1 fully saturated rings. The molecule has 1 aliphatic heterocycles. The predicted octanol–water partition coefficient (Wildman–Crippen LogP) is 4.22. The number of H-pyrrole nitrogens is 1. The number of nitrogens with zero attached hydrogens (tertiary/aromatic N) is 1. The minimum absolute atomic E-state index is 0.0167. The summed E-state index contributed by atoms with van der Waals surface area (Å²) in [4.78, 5) is 19.2. The highest BCUT2D eigenvalue weighted by Gasteiger charge is 2.34. The summed E-state index contributed by atoms with van der Waals surface area (Å²) in [7, 11) is 0. The van der Waals surface area contributed by atoms with Gasteiger partial charge in [-0.3, -0.25) is 10.1 Å². The second-order valence-electron chi connectivity index (χ2n) is 9.28. The summed E-state index contributed by atoms with van der Waals surface area (Å²) in [5.74, 6) is 0.842. The number of para-hydroxylation sites is 2. The molecule has 3 N–H and O–H groups in total. The zero-order valence-electron chi connectivity index (χ0n) is 19.2. The van der Waals surface area contributed by atoms with Crippen molar-refractivity contribution in [1.82, 2.24) is 20.5 Å². The van der Waals surface area contributed by atoms with Gasteiger partial charge in [-0.15, -0.1) is 0 Å². The number of carbonyl (C=O) groups is 1. The molecule has 1 amide bonds. The van der Waals surface area contributed by atoms with Gasteiger partial charge in [0.25, 0.3) is 0 Å². The van der Waals surface area contributed by atoms with Gasteiger partial charge in [0.15, 0.2) is 0 Å². The first-order chi connectivity index (χ1) is 16.1. The third-order valence-corrected chi connectivity index (χ3v) is 6.76. The molecule has 1 aliphatic rings. The first-order valence-corrected chi connectivity index (χ1v) is 11.9. The van der Waals surface area contributed by atoms with Crippen molar-refractivity contribution in [1.29, 1.82) is 0 Å². The number of likely N-dealkylation sites (tertiary alicyclic amines) is 1. The molecular formula is C27H32N4O2. The van der Waals surface area contributed by atoms with Crippen molar-refractivity contribution in [3.63, 3.8) is 0 Å². The van der Waals surface area contributed by atoms with Crippen molar-refractivity contribution < 1.29 is 9.21 Å². The van der Waals surface area contributed by atoms with E-state index in [0.29, 0.717) is 19.5 Å². The molecule has 0 aliphatic carbocycles. The molecule has 2 aromatic carbocycles. The molecule has 1 atom stereocenters. The smallest absolute Gasteiger partial charge is 0.240 e. The number of aromatic amines is 1. The Hall–Kier alpha value is -3.09. The molecule has 6 heteroatoms. The molecule has 172 valence electrons. The number of rotatable bonds is 9. The normalized spacial score (nSPS) is 16.4. The molecule has 0 bridgehead atoms. The van der Waals surface area contributed by atoms with E-state index in [1.54, 1.807) is 0 Å². The summed E-state index contributed by atoms with van der Waals surface area (Å²) < 4.78 is 5.99. The van der Waals surface area contributed by atoms with Gasteiger partial charge >= 0.3 is 0 Å². The molecule has 2 aromatic heterocycles. The van der Waals surface area contributed by atoms with Crippen molar-refractivity contribution in [3.05, 3.63) is 72.1 Å². The van der Waals surface area contributed by atoms with Crippen LogP contribution < -0.4 is 10.6 Å². The number of hydrogen-bond donors (Lipinski definition) is 3. The van der Waals surface area contributed by atoms with Gasteiger partial charge in [-0.05, 0) is 56.6 Å². The SMILES string of the molecule is CC(Cc1c[nH]c2ccccc12)(NCc1cc2ccccc2o1)C(=O)NCCN1CCCC1. The van der Waals surface area contributed by atoms with Crippen LogP contribution in [0.25, 0.3) is 21.9 Å². The fourth-order valence-electron chi connectivity index (χ4n) is 4.82. The van der Waals surface area contributed by atoms with E-state index >= 15 is 0 Å². The highest BCUT2D eigenvalue weighted by atomic mass is 16.3. The monoisotopic (exact) mass is 444 g/mol. The standard InChI is InChI=1S/C27H32N4O2/c1-27(26(32)28-12-15-31-13-6-7-14-31,17-21-18-29-24-10-4-3-9-23(21)24)30-19-22-16-20-8-2-5-11-25(20)33-22/h2-5,8-11,16,18,29-30H,6-7,12-15,17,19H2,1H3,(H,28,32). The number of hydrogen-bond acceptors (Lipinski definition) is 4. The maximum Gasteiger partial charge on any atom is 0.240 e. The van der Waals surface area contributed by atoms with E-state index in [0.717, 1.165) is 52.8 Å². The Morgan fingerprint density at radius 1 is 1.12 bits per heavy atom. The van der Waals surface area contributed by atoms with Crippen LogP contribution in [0.3, 0.4) is 0 Å². The second-order valence-corrected chi connectivity index (χ2v) is 9.28. The molecule has 0 saturated carbocycles. The lowest BCUT2D eigenvalue weighted by Gasteiger charge is -2.30. The summed E-state index contributed by atoms with van der Waals surface area (Å²) >= 11 is 0. The van der Waals surface area contributed by atoms with Crippen molar-refractivity contribution in [2.75, 3.05) is 26.2 Å². The number of benzene rings is 2. The minimum atomic E-state index is -0.783. The maximum atomic E-state index is 13.5. The largest absolute Gasteiger partial charge is 0.460 e. The molecule has 1 saturated heterocycles.